The van der Waals surface area contributed by atoms with E-state index in [2.05, 4.69) is 16.0 Å². The van der Waals surface area contributed by atoms with Gasteiger partial charge >= 0.3 is 5.97 Å². The Balaban J connectivity index is 1.62. The lowest BCUT2D eigenvalue weighted by atomic mass is 10.00. The molecule has 0 aromatic heterocycles. The fourth-order valence-corrected chi connectivity index (χ4v) is 4.56. The summed E-state index contributed by atoms with van der Waals surface area (Å²) in [7, 11) is 0. The second kappa shape index (κ2) is 12.2. The smallest absolute Gasteiger partial charge is 0.328 e. The molecule has 0 spiro atoms. The number of halogens is 2. The molecule has 2 aromatic carbocycles. The van der Waals surface area contributed by atoms with E-state index < -0.39 is 24.0 Å². The summed E-state index contributed by atoms with van der Waals surface area (Å²) in [6.45, 7) is 0.428. The lowest BCUT2D eigenvalue weighted by Gasteiger charge is -2.18. The standard InChI is InChI=1S/C24H27Cl2N3O6/c25-16-9-13(6-7-20(31)14-3-1-4-15(30)11-14)10-17(26)21(16)23(33)29-19(24(34)35)12-28-22(32)18-5-2-8-27-18/h1,3-4,9-11,18-20,27,30-31H,2,5-8,12H2,(H,28,32)(H,29,33)(H,34,35). The number of hydrogen-bond acceptors (Lipinski definition) is 6. The van der Waals surface area contributed by atoms with E-state index in [1.165, 1.54) is 24.3 Å². The van der Waals surface area contributed by atoms with Crippen LogP contribution in [0.1, 0.15) is 46.9 Å². The highest BCUT2D eigenvalue weighted by Crippen LogP contribution is 2.29. The molecule has 0 radical (unpaired) electrons. The molecule has 188 valence electrons. The van der Waals surface area contributed by atoms with Crippen molar-refractivity contribution in [3.05, 3.63) is 63.1 Å². The fourth-order valence-electron chi connectivity index (χ4n) is 3.85. The Morgan fingerprint density at radius 1 is 1.14 bits per heavy atom. The maximum absolute atomic E-state index is 12.8. The number of amides is 2. The van der Waals surface area contributed by atoms with Gasteiger partial charge in [-0.15, -0.1) is 0 Å². The summed E-state index contributed by atoms with van der Waals surface area (Å²) in [5, 5.41) is 37.4. The zero-order valence-electron chi connectivity index (χ0n) is 18.8. The lowest BCUT2D eigenvalue weighted by Crippen LogP contribution is -2.51. The highest BCUT2D eigenvalue weighted by Gasteiger charge is 2.27. The van der Waals surface area contributed by atoms with Gasteiger partial charge < -0.3 is 31.3 Å². The summed E-state index contributed by atoms with van der Waals surface area (Å²) in [6, 6.07) is 7.63. The molecular weight excluding hydrogens is 497 g/mol. The number of rotatable bonds is 10. The number of aryl methyl sites for hydroxylation is 1. The molecule has 11 heteroatoms. The first-order chi connectivity index (χ1) is 16.7. The van der Waals surface area contributed by atoms with E-state index in [4.69, 9.17) is 23.2 Å². The highest BCUT2D eigenvalue weighted by molar-refractivity contribution is 6.39. The Kier molecular flexibility index (Phi) is 9.33. The van der Waals surface area contributed by atoms with Crippen molar-refractivity contribution in [2.45, 2.75) is 43.9 Å². The van der Waals surface area contributed by atoms with Crippen LogP contribution in [-0.4, -0.2) is 58.3 Å². The van der Waals surface area contributed by atoms with Gasteiger partial charge in [-0.2, -0.15) is 0 Å². The average Bonchev–Trinajstić information content (AvgIpc) is 3.34. The number of phenols is 1. The number of aliphatic hydroxyl groups excluding tert-OH is 1. The molecule has 9 nitrogen and oxygen atoms in total. The molecule has 0 aliphatic carbocycles. The molecule has 3 unspecified atom stereocenters. The fraction of sp³-hybridized carbons (Fsp3) is 0.375. The van der Waals surface area contributed by atoms with Gasteiger partial charge in [-0.1, -0.05) is 35.3 Å². The average molecular weight is 524 g/mol. The third-order valence-electron chi connectivity index (χ3n) is 5.75. The van der Waals surface area contributed by atoms with Crippen molar-refractivity contribution in [2.75, 3.05) is 13.1 Å². The van der Waals surface area contributed by atoms with E-state index in [0.29, 0.717) is 30.4 Å². The Morgan fingerprint density at radius 3 is 2.46 bits per heavy atom. The summed E-state index contributed by atoms with van der Waals surface area (Å²) in [4.78, 5) is 36.5. The van der Waals surface area contributed by atoms with E-state index in [0.717, 1.165) is 13.0 Å². The number of carbonyl (C=O) groups excluding carboxylic acids is 2. The highest BCUT2D eigenvalue weighted by atomic mass is 35.5. The molecule has 2 amide bonds. The van der Waals surface area contributed by atoms with Crippen LogP contribution in [0.2, 0.25) is 10.0 Å². The van der Waals surface area contributed by atoms with Gasteiger partial charge in [0, 0.05) is 6.54 Å². The number of hydrogen-bond donors (Lipinski definition) is 6. The topological polar surface area (TPSA) is 148 Å². The number of aliphatic hydroxyl groups is 1. The molecule has 3 rings (SSSR count). The van der Waals surface area contributed by atoms with Crippen LogP contribution >= 0.6 is 23.2 Å². The van der Waals surface area contributed by atoms with Gasteiger partial charge in [-0.05, 0) is 67.6 Å². The Bertz CT molecular complexity index is 1070. The minimum absolute atomic E-state index is 0.0279. The predicted molar refractivity (Wildman–Crippen MR) is 131 cm³/mol. The van der Waals surface area contributed by atoms with Gasteiger partial charge in [0.1, 0.15) is 11.8 Å². The largest absolute Gasteiger partial charge is 0.508 e. The van der Waals surface area contributed by atoms with Crippen molar-refractivity contribution < 1.29 is 29.7 Å². The van der Waals surface area contributed by atoms with Crippen LogP contribution in [0.4, 0.5) is 0 Å². The zero-order chi connectivity index (χ0) is 25.5. The van der Waals surface area contributed by atoms with Crippen molar-refractivity contribution in [2.24, 2.45) is 0 Å². The van der Waals surface area contributed by atoms with Crippen molar-refractivity contribution in [3.63, 3.8) is 0 Å². The van der Waals surface area contributed by atoms with E-state index in [1.54, 1.807) is 12.1 Å². The summed E-state index contributed by atoms with van der Waals surface area (Å²) in [5.74, 6) is -2.37. The third kappa shape index (κ3) is 7.32. The van der Waals surface area contributed by atoms with Gasteiger partial charge in [0.15, 0.2) is 0 Å². The molecule has 0 saturated carbocycles. The van der Waals surface area contributed by atoms with Crippen molar-refractivity contribution >= 4 is 41.0 Å². The van der Waals surface area contributed by atoms with E-state index in [9.17, 15) is 29.7 Å². The first kappa shape index (κ1) is 26.7. The molecular formula is C24H27Cl2N3O6. The summed E-state index contributed by atoms with van der Waals surface area (Å²) >= 11 is 12.6. The molecule has 1 aliphatic rings. The second-order valence-electron chi connectivity index (χ2n) is 8.34. The van der Waals surface area contributed by atoms with E-state index in [1.807, 2.05) is 0 Å². The number of aliphatic carboxylic acids is 1. The number of nitrogens with one attached hydrogen (secondary N) is 3. The first-order valence-corrected chi connectivity index (χ1v) is 11.9. The molecule has 1 aliphatic heterocycles. The number of carboxylic acid groups (broad SMARTS) is 1. The third-order valence-corrected chi connectivity index (χ3v) is 6.35. The molecule has 35 heavy (non-hydrogen) atoms. The van der Waals surface area contributed by atoms with E-state index in [-0.39, 0.29) is 39.9 Å². The maximum Gasteiger partial charge on any atom is 0.328 e. The van der Waals surface area contributed by atoms with Crippen molar-refractivity contribution in [3.8, 4) is 5.75 Å². The van der Waals surface area contributed by atoms with Gasteiger partial charge in [0.2, 0.25) is 5.91 Å². The normalized spacial score (nSPS) is 16.9. The van der Waals surface area contributed by atoms with Crippen molar-refractivity contribution in [1.29, 1.82) is 0 Å². The number of carbonyl (C=O) groups is 3. The molecule has 3 atom stereocenters. The SMILES string of the molecule is O=C(NC(CNC(=O)C1CCCN1)C(=O)O)c1c(Cl)cc(CCC(O)c2cccc(O)c2)cc1Cl. The number of carboxylic acids is 1. The second-order valence-corrected chi connectivity index (χ2v) is 9.16. The monoisotopic (exact) mass is 523 g/mol. The van der Waals surface area contributed by atoms with Crippen LogP contribution in [-0.2, 0) is 16.0 Å². The molecule has 6 N–H and O–H groups in total. The van der Waals surface area contributed by atoms with Crippen LogP contribution in [0.5, 0.6) is 5.75 Å². The van der Waals surface area contributed by atoms with Crippen LogP contribution < -0.4 is 16.0 Å². The Hall–Kier alpha value is -2.85. The van der Waals surface area contributed by atoms with E-state index >= 15 is 0 Å². The summed E-state index contributed by atoms with van der Waals surface area (Å²) in [6.07, 6.45) is 1.40. The number of aromatic hydroxyl groups is 1. The molecule has 1 saturated heterocycles. The molecule has 1 heterocycles. The van der Waals surface area contributed by atoms with Crippen molar-refractivity contribution in [1.82, 2.24) is 16.0 Å². The van der Waals surface area contributed by atoms with Crippen LogP contribution in [0.15, 0.2) is 36.4 Å². The zero-order valence-corrected chi connectivity index (χ0v) is 20.3. The first-order valence-electron chi connectivity index (χ1n) is 11.2. The Labute approximate surface area is 212 Å². The molecule has 1 fully saturated rings. The van der Waals surface area contributed by atoms with Gasteiger partial charge in [0.25, 0.3) is 5.91 Å². The van der Waals surface area contributed by atoms with Gasteiger partial charge in [0.05, 0.1) is 27.8 Å². The quantitative estimate of drug-likeness (QED) is 0.280. The van der Waals surface area contributed by atoms with Crippen LogP contribution in [0, 0.1) is 0 Å². The van der Waals surface area contributed by atoms with Crippen LogP contribution in [0.3, 0.4) is 0 Å². The Morgan fingerprint density at radius 2 is 1.86 bits per heavy atom. The van der Waals surface area contributed by atoms with Crippen LogP contribution in [0.25, 0.3) is 0 Å². The maximum atomic E-state index is 12.8. The van der Waals surface area contributed by atoms with Gasteiger partial charge in [-0.25, -0.2) is 4.79 Å². The van der Waals surface area contributed by atoms with Gasteiger partial charge in [-0.3, -0.25) is 9.59 Å². The molecule has 2 aromatic rings. The number of phenolic OH excluding ortho intramolecular Hbond substituents is 1. The summed E-state index contributed by atoms with van der Waals surface area (Å²) in [5.41, 5.74) is 1.15. The lowest BCUT2D eigenvalue weighted by molar-refractivity contribution is -0.139. The number of benzene rings is 2. The summed E-state index contributed by atoms with van der Waals surface area (Å²) < 4.78 is 0. The minimum Gasteiger partial charge on any atom is -0.508 e. The molecule has 0 bridgehead atoms. The predicted octanol–water partition coefficient (Wildman–Crippen LogP) is 2.42. The minimum atomic E-state index is -1.38.